The quantitative estimate of drug-likeness (QED) is 0.445. The summed E-state index contributed by atoms with van der Waals surface area (Å²) in [6.45, 7) is 7.66. The molecule has 1 heterocycles. The molecule has 1 aromatic rings. The third-order valence-electron chi connectivity index (χ3n) is 4.38. The summed E-state index contributed by atoms with van der Waals surface area (Å²) in [7, 11) is 0. The highest BCUT2D eigenvalue weighted by molar-refractivity contribution is 7.99. The zero-order chi connectivity index (χ0) is 16.5. The van der Waals surface area contributed by atoms with E-state index in [4.69, 9.17) is 12.2 Å². The fourth-order valence-electron chi connectivity index (χ4n) is 3.05. The molecule has 23 heavy (non-hydrogen) atoms. The van der Waals surface area contributed by atoms with Crippen LogP contribution in [0.4, 0.5) is 0 Å². The summed E-state index contributed by atoms with van der Waals surface area (Å²) in [6.07, 6.45) is 4.02. The molecule has 5 heteroatoms. The molecule has 2 atom stereocenters. The lowest BCUT2D eigenvalue weighted by atomic mass is 10.0. The van der Waals surface area contributed by atoms with Gasteiger partial charge in [-0.2, -0.15) is 0 Å². The van der Waals surface area contributed by atoms with E-state index < -0.39 is 0 Å². The van der Waals surface area contributed by atoms with E-state index in [-0.39, 0.29) is 0 Å². The zero-order valence-corrected chi connectivity index (χ0v) is 15.9. The molecule has 0 bridgehead atoms. The monoisotopic (exact) mass is 351 g/mol. The second-order valence-electron chi connectivity index (χ2n) is 6.23. The number of rotatable bonds is 7. The Bertz CT molecular complexity index is 467. The van der Waals surface area contributed by atoms with Gasteiger partial charge >= 0.3 is 0 Å². The molecule has 2 N–H and O–H groups in total. The molecular formula is C18H29N3S2. The zero-order valence-electron chi connectivity index (χ0n) is 14.3. The molecule has 0 radical (unpaired) electrons. The minimum Gasteiger partial charge on any atom is -0.362 e. The van der Waals surface area contributed by atoms with Crippen molar-refractivity contribution in [2.75, 3.05) is 25.4 Å². The van der Waals surface area contributed by atoms with Crippen LogP contribution in [-0.2, 0) is 0 Å². The van der Waals surface area contributed by atoms with Crippen LogP contribution >= 0.6 is 24.0 Å². The summed E-state index contributed by atoms with van der Waals surface area (Å²) in [4.78, 5) is 3.91. The topological polar surface area (TPSA) is 27.3 Å². The van der Waals surface area contributed by atoms with Crippen molar-refractivity contribution in [1.29, 1.82) is 0 Å². The van der Waals surface area contributed by atoms with Crippen LogP contribution in [0.2, 0.25) is 0 Å². The van der Waals surface area contributed by atoms with Crippen LogP contribution in [0.5, 0.6) is 0 Å². The van der Waals surface area contributed by atoms with Crippen LogP contribution in [0.15, 0.2) is 35.2 Å². The standard InChI is InChI=1S/C18H29N3S2/c1-15-8-6-7-12-21(15)16(2)14-20-18(22)19-11-13-23-17-9-4-3-5-10-17/h3-5,9-10,15-16H,6-8,11-14H2,1-2H3,(H2,19,20,22)/t15-,16-/m0/s1. The van der Waals surface area contributed by atoms with Gasteiger partial charge in [0.1, 0.15) is 0 Å². The van der Waals surface area contributed by atoms with E-state index in [1.165, 1.54) is 30.7 Å². The van der Waals surface area contributed by atoms with Gasteiger partial charge in [-0.3, -0.25) is 4.90 Å². The molecule has 1 saturated heterocycles. The first-order chi connectivity index (χ1) is 11.2. The van der Waals surface area contributed by atoms with Crippen molar-refractivity contribution >= 4 is 29.1 Å². The number of nitrogens with one attached hydrogen (secondary N) is 2. The summed E-state index contributed by atoms with van der Waals surface area (Å²) < 4.78 is 0. The Labute approximate surface area is 150 Å². The Hall–Kier alpha value is -0.780. The largest absolute Gasteiger partial charge is 0.362 e. The number of nitrogens with zero attached hydrogens (tertiary/aromatic N) is 1. The van der Waals surface area contributed by atoms with Crippen molar-refractivity contribution in [2.24, 2.45) is 0 Å². The minimum absolute atomic E-state index is 0.531. The molecule has 0 aliphatic carbocycles. The summed E-state index contributed by atoms with van der Waals surface area (Å²) in [6, 6.07) is 11.7. The Kier molecular flexibility index (Phi) is 8.20. The van der Waals surface area contributed by atoms with Crippen molar-refractivity contribution < 1.29 is 0 Å². The molecular weight excluding hydrogens is 322 g/mol. The molecule has 0 amide bonds. The number of hydrogen-bond donors (Lipinski definition) is 2. The maximum absolute atomic E-state index is 5.38. The Balaban J connectivity index is 1.57. The third-order valence-corrected chi connectivity index (χ3v) is 5.68. The smallest absolute Gasteiger partial charge is 0.166 e. The Morgan fingerprint density at radius 2 is 2.09 bits per heavy atom. The predicted molar refractivity (Wildman–Crippen MR) is 105 cm³/mol. The number of benzene rings is 1. The number of thioether (sulfide) groups is 1. The second-order valence-corrected chi connectivity index (χ2v) is 7.81. The van der Waals surface area contributed by atoms with Gasteiger partial charge in [-0.15, -0.1) is 11.8 Å². The minimum atomic E-state index is 0.531. The molecule has 0 saturated carbocycles. The fraction of sp³-hybridized carbons (Fsp3) is 0.611. The van der Waals surface area contributed by atoms with Crippen molar-refractivity contribution in [1.82, 2.24) is 15.5 Å². The average Bonchev–Trinajstić information content (AvgIpc) is 2.58. The molecule has 128 valence electrons. The number of thiocarbonyl (C=S) groups is 1. The van der Waals surface area contributed by atoms with Gasteiger partial charge < -0.3 is 10.6 Å². The number of likely N-dealkylation sites (tertiary alicyclic amines) is 1. The Morgan fingerprint density at radius 1 is 1.30 bits per heavy atom. The first-order valence-corrected chi connectivity index (χ1v) is 10.0. The normalized spacial score (nSPS) is 20.0. The van der Waals surface area contributed by atoms with Gasteiger partial charge in [0.15, 0.2) is 5.11 Å². The molecule has 0 unspecified atom stereocenters. The van der Waals surface area contributed by atoms with Crippen molar-refractivity contribution in [3.63, 3.8) is 0 Å². The van der Waals surface area contributed by atoms with Gasteiger partial charge in [0.05, 0.1) is 0 Å². The SMILES string of the molecule is C[C@H]1CCCCN1[C@@H](C)CNC(=S)NCCSc1ccccc1. The highest BCUT2D eigenvalue weighted by Gasteiger charge is 2.22. The molecule has 1 aliphatic rings. The van der Waals surface area contributed by atoms with Gasteiger partial charge in [0.25, 0.3) is 0 Å². The maximum Gasteiger partial charge on any atom is 0.166 e. The third kappa shape index (κ3) is 6.69. The lowest BCUT2D eigenvalue weighted by molar-refractivity contribution is 0.116. The van der Waals surface area contributed by atoms with Gasteiger partial charge in [-0.1, -0.05) is 24.6 Å². The summed E-state index contributed by atoms with van der Waals surface area (Å²) in [5, 5.41) is 7.45. The molecule has 1 aromatic carbocycles. The fourth-order valence-corrected chi connectivity index (χ4v) is 4.02. The van der Waals surface area contributed by atoms with E-state index in [1.54, 1.807) is 0 Å². The summed E-state index contributed by atoms with van der Waals surface area (Å²) in [5.41, 5.74) is 0. The van der Waals surface area contributed by atoms with E-state index in [1.807, 2.05) is 17.8 Å². The molecule has 0 aromatic heterocycles. The molecule has 1 aliphatic heterocycles. The van der Waals surface area contributed by atoms with Gasteiger partial charge in [-0.05, 0) is 57.6 Å². The highest BCUT2D eigenvalue weighted by Crippen LogP contribution is 2.18. The van der Waals surface area contributed by atoms with E-state index >= 15 is 0 Å². The molecule has 0 spiro atoms. The predicted octanol–water partition coefficient (Wildman–Crippen LogP) is 3.51. The first-order valence-electron chi connectivity index (χ1n) is 8.62. The van der Waals surface area contributed by atoms with E-state index in [0.29, 0.717) is 12.1 Å². The van der Waals surface area contributed by atoms with Crippen molar-refractivity contribution in [3.8, 4) is 0 Å². The highest BCUT2D eigenvalue weighted by atomic mass is 32.2. The van der Waals surface area contributed by atoms with Crippen LogP contribution in [0.1, 0.15) is 33.1 Å². The van der Waals surface area contributed by atoms with Crippen LogP contribution in [0.3, 0.4) is 0 Å². The van der Waals surface area contributed by atoms with Crippen molar-refractivity contribution in [3.05, 3.63) is 30.3 Å². The maximum atomic E-state index is 5.38. The second kappa shape index (κ2) is 10.2. The lowest BCUT2D eigenvalue weighted by Crippen LogP contribution is -2.49. The lowest BCUT2D eigenvalue weighted by Gasteiger charge is -2.38. The van der Waals surface area contributed by atoms with Gasteiger partial charge in [0, 0.05) is 35.8 Å². The van der Waals surface area contributed by atoms with Crippen LogP contribution in [0, 0.1) is 0 Å². The van der Waals surface area contributed by atoms with Gasteiger partial charge in [0.2, 0.25) is 0 Å². The molecule has 1 fully saturated rings. The molecule has 2 rings (SSSR count). The van der Waals surface area contributed by atoms with E-state index in [0.717, 1.165) is 24.0 Å². The van der Waals surface area contributed by atoms with Crippen LogP contribution in [-0.4, -0.2) is 47.5 Å². The Morgan fingerprint density at radius 3 is 2.83 bits per heavy atom. The number of piperidine rings is 1. The van der Waals surface area contributed by atoms with Gasteiger partial charge in [-0.25, -0.2) is 0 Å². The first kappa shape index (κ1) is 18.6. The van der Waals surface area contributed by atoms with Crippen molar-refractivity contribution in [2.45, 2.75) is 50.1 Å². The summed E-state index contributed by atoms with van der Waals surface area (Å²) in [5.74, 6) is 1.02. The number of hydrogen-bond acceptors (Lipinski definition) is 3. The van der Waals surface area contributed by atoms with E-state index in [9.17, 15) is 0 Å². The summed E-state index contributed by atoms with van der Waals surface area (Å²) >= 11 is 7.24. The average molecular weight is 352 g/mol. The van der Waals surface area contributed by atoms with Crippen LogP contribution < -0.4 is 10.6 Å². The molecule has 3 nitrogen and oxygen atoms in total. The van der Waals surface area contributed by atoms with E-state index in [2.05, 4.69) is 53.6 Å². The van der Waals surface area contributed by atoms with Crippen LogP contribution in [0.25, 0.3) is 0 Å².